The van der Waals surface area contributed by atoms with Gasteiger partial charge in [-0.2, -0.15) is 0 Å². The molecule has 94 valence electrons. The van der Waals surface area contributed by atoms with E-state index >= 15 is 0 Å². The van der Waals surface area contributed by atoms with Crippen molar-refractivity contribution in [2.45, 2.75) is 0 Å². The van der Waals surface area contributed by atoms with E-state index in [1.54, 1.807) is 13.2 Å². The van der Waals surface area contributed by atoms with Gasteiger partial charge in [-0.3, -0.25) is 4.79 Å². The number of ether oxygens (including phenoxy) is 1. The Bertz CT molecular complexity index is 527. The minimum atomic E-state index is -0.200. The monoisotopic (exact) mass is 246 g/mol. The minimum Gasteiger partial charge on any atom is -0.437 e. The Morgan fingerprint density at radius 3 is 3.11 bits per heavy atom. The highest BCUT2D eigenvalue weighted by atomic mass is 16.5. The lowest BCUT2D eigenvalue weighted by Crippen LogP contribution is -2.24. The van der Waals surface area contributed by atoms with Crippen molar-refractivity contribution in [2.24, 2.45) is 0 Å². The van der Waals surface area contributed by atoms with Crippen LogP contribution in [0.3, 0.4) is 0 Å². The molecule has 0 unspecified atom stereocenters. The van der Waals surface area contributed by atoms with E-state index in [1.807, 2.05) is 24.3 Å². The molecule has 0 aliphatic heterocycles. The van der Waals surface area contributed by atoms with E-state index in [0.29, 0.717) is 24.6 Å². The van der Waals surface area contributed by atoms with Gasteiger partial charge < -0.3 is 14.5 Å². The van der Waals surface area contributed by atoms with Crippen LogP contribution in [0.2, 0.25) is 0 Å². The van der Waals surface area contributed by atoms with Crippen LogP contribution in [0.4, 0.5) is 0 Å². The maximum Gasteiger partial charge on any atom is 0.244 e. The van der Waals surface area contributed by atoms with Crippen LogP contribution in [-0.4, -0.2) is 31.2 Å². The summed E-state index contributed by atoms with van der Waals surface area (Å²) < 4.78 is 10.3. The topological polar surface area (TPSA) is 64.4 Å². The molecule has 0 saturated heterocycles. The summed E-state index contributed by atoms with van der Waals surface area (Å²) in [5, 5.41) is 2.67. The lowest BCUT2D eigenvalue weighted by molar-refractivity contribution is -0.116. The molecule has 0 radical (unpaired) electrons. The molecule has 0 spiro atoms. The maximum absolute atomic E-state index is 11.4. The third-order valence-electron chi connectivity index (χ3n) is 2.29. The van der Waals surface area contributed by atoms with Crippen molar-refractivity contribution in [3.63, 3.8) is 0 Å². The van der Waals surface area contributed by atoms with Gasteiger partial charge in [0, 0.05) is 25.8 Å². The molecule has 1 aromatic heterocycles. The average molecular weight is 246 g/mol. The fourth-order valence-corrected chi connectivity index (χ4v) is 1.44. The number of aromatic nitrogens is 1. The summed E-state index contributed by atoms with van der Waals surface area (Å²) in [6.07, 6.45) is 2.93. The van der Waals surface area contributed by atoms with Crippen LogP contribution in [0.1, 0.15) is 5.89 Å². The number of hydrogen-bond donors (Lipinski definition) is 1. The fourth-order valence-electron chi connectivity index (χ4n) is 1.44. The fraction of sp³-hybridized carbons (Fsp3) is 0.231. The van der Waals surface area contributed by atoms with Crippen LogP contribution < -0.4 is 5.32 Å². The summed E-state index contributed by atoms with van der Waals surface area (Å²) in [6.45, 7) is 0.968. The van der Waals surface area contributed by atoms with Gasteiger partial charge in [0.05, 0.1) is 6.61 Å². The average Bonchev–Trinajstić information content (AvgIpc) is 2.79. The Labute approximate surface area is 104 Å². The number of carbonyl (C=O) groups excluding carboxylic acids is 1. The molecule has 1 amide bonds. The highest BCUT2D eigenvalue weighted by Crippen LogP contribution is 2.15. The molecule has 0 saturated carbocycles. The van der Waals surface area contributed by atoms with Gasteiger partial charge in [-0.15, -0.1) is 0 Å². The number of benzene rings is 1. The molecule has 1 aromatic carbocycles. The molecule has 2 aromatic rings. The van der Waals surface area contributed by atoms with Crippen molar-refractivity contribution < 1.29 is 13.9 Å². The number of nitrogens with one attached hydrogen (secondary N) is 1. The number of rotatable bonds is 5. The number of oxazole rings is 1. The summed E-state index contributed by atoms with van der Waals surface area (Å²) >= 11 is 0. The van der Waals surface area contributed by atoms with Gasteiger partial charge in [0.15, 0.2) is 5.58 Å². The molecule has 2 rings (SSSR count). The van der Waals surface area contributed by atoms with Crippen molar-refractivity contribution in [2.75, 3.05) is 20.3 Å². The second kappa shape index (κ2) is 5.97. The predicted molar refractivity (Wildman–Crippen MR) is 67.9 cm³/mol. The van der Waals surface area contributed by atoms with Gasteiger partial charge in [0.2, 0.25) is 11.8 Å². The van der Waals surface area contributed by atoms with E-state index in [-0.39, 0.29) is 5.91 Å². The minimum absolute atomic E-state index is 0.200. The van der Waals surface area contributed by atoms with Crippen LogP contribution in [0, 0.1) is 0 Å². The standard InChI is InChI=1S/C13H14N2O3/c1-17-9-8-14-12(16)6-7-13-15-10-4-2-3-5-11(10)18-13/h2-7H,8-9H2,1H3,(H,14,16)/b7-6+. The van der Waals surface area contributed by atoms with E-state index in [1.165, 1.54) is 6.08 Å². The van der Waals surface area contributed by atoms with Crippen LogP contribution in [0.25, 0.3) is 17.2 Å². The van der Waals surface area contributed by atoms with Gasteiger partial charge in [0.25, 0.3) is 0 Å². The first kappa shape index (κ1) is 12.3. The second-order valence-corrected chi connectivity index (χ2v) is 3.64. The number of amides is 1. The number of nitrogens with zero attached hydrogens (tertiary/aromatic N) is 1. The predicted octanol–water partition coefficient (Wildman–Crippen LogP) is 1.60. The molecule has 1 N–H and O–H groups in total. The van der Waals surface area contributed by atoms with Gasteiger partial charge in [-0.1, -0.05) is 12.1 Å². The summed E-state index contributed by atoms with van der Waals surface area (Å²) in [5.74, 6) is 0.215. The first-order chi connectivity index (χ1) is 8.79. The zero-order chi connectivity index (χ0) is 12.8. The van der Waals surface area contributed by atoms with E-state index < -0.39 is 0 Å². The molecule has 1 heterocycles. The molecule has 0 aliphatic rings. The summed E-state index contributed by atoms with van der Waals surface area (Å²) in [6, 6.07) is 7.45. The molecule has 0 bridgehead atoms. The maximum atomic E-state index is 11.4. The van der Waals surface area contributed by atoms with E-state index in [2.05, 4.69) is 10.3 Å². The lowest BCUT2D eigenvalue weighted by Gasteiger charge is -1.98. The van der Waals surface area contributed by atoms with E-state index in [0.717, 1.165) is 5.52 Å². The Kier molecular flexibility index (Phi) is 4.09. The van der Waals surface area contributed by atoms with Crippen LogP contribution in [0.15, 0.2) is 34.8 Å². The summed E-state index contributed by atoms with van der Waals surface area (Å²) in [7, 11) is 1.58. The third-order valence-corrected chi connectivity index (χ3v) is 2.29. The molecule has 5 heteroatoms. The number of hydrogen-bond acceptors (Lipinski definition) is 4. The zero-order valence-corrected chi connectivity index (χ0v) is 10.1. The SMILES string of the molecule is COCCNC(=O)/C=C/c1nc2ccccc2o1. The Morgan fingerprint density at radius 1 is 1.50 bits per heavy atom. The lowest BCUT2D eigenvalue weighted by atomic mass is 10.3. The third kappa shape index (κ3) is 3.18. The molecule has 0 fully saturated rings. The van der Waals surface area contributed by atoms with Crippen LogP contribution in [0.5, 0.6) is 0 Å². The largest absolute Gasteiger partial charge is 0.437 e. The van der Waals surface area contributed by atoms with Crippen LogP contribution >= 0.6 is 0 Å². The van der Waals surface area contributed by atoms with Crippen molar-refractivity contribution in [3.8, 4) is 0 Å². The first-order valence-corrected chi connectivity index (χ1v) is 5.60. The normalized spacial score (nSPS) is 11.2. The van der Waals surface area contributed by atoms with Gasteiger partial charge in [0.1, 0.15) is 5.52 Å². The van der Waals surface area contributed by atoms with Crippen LogP contribution in [-0.2, 0) is 9.53 Å². The molecular formula is C13H14N2O3. The quantitative estimate of drug-likeness (QED) is 0.643. The number of carbonyl (C=O) groups is 1. The van der Waals surface area contributed by atoms with Gasteiger partial charge >= 0.3 is 0 Å². The Hall–Kier alpha value is -2.14. The van der Waals surface area contributed by atoms with Crippen molar-refractivity contribution in [1.82, 2.24) is 10.3 Å². The Morgan fingerprint density at radius 2 is 2.33 bits per heavy atom. The van der Waals surface area contributed by atoms with Crippen molar-refractivity contribution >= 4 is 23.1 Å². The van der Waals surface area contributed by atoms with E-state index in [4.69, 9.17) is 9.15 Å². The first-order valence-electron chi connectivity index (χ1n) is 5.60. The van der Waals surface area contributed by atoms with Crippen molar-refractivity contribution in [3.05, 3.63) is 36.2 Å². The number of fused-ring (bicyclic) bond motifs is 1. The van der Waals surface area contributed by atoms with Gasteiger partial charge in [-0.25, -0.2) is 4.98 Å². The van der Waals surface area contributed by atoms with E-state index in [9.17, 15) is 4.79 Å². The molecule has 0 atom stereocenters. The summed E-state index contributed by atoms with van der Waals surface area (Å²) in [5.41, 5.74) is 1.48. The van der Waals surface area contributed by atoms with Crippen molar-refractivity contribution in [1.29, 1.82) is 0 Å². The Balaban J connectivity index is 1.98. The van der Waals surface area contributed by atoms with Gasteiger partial charge in [-0.05, 0) is 12.1 Å². The molecule has 0 aliphatic carbocycles. The molecular weight excluding hydrogens is 232 g/mol. The molecule has 18 heavy (non-hydrogen) atoms. The smallest absolute Gasteiger partial charge is 0.244 e. The number of para-hydroxylation sites is 2. The highest BCUT2D eigenvalue weighted by Gasteiger charge is 2.02. The number of methoxy groups -OCH3 is 1. The zero-order valence-electron chi connectivity index (χ0n) is 10.1. The second-order valence-electron chi connectivity index (χ2n) is 3.64. The highest BCUT2D eigenvalue weighted by molar-refractivity contribution is 5.91. The molecule has 5 nitrogen and oxygen atoms in total. The summed E-state index contributed by atoms with van der Waals surface area (Å²) in [4.78, 5) is 15.6.